The summed E-state index contributed by atoms with van der Waals surface area (Å²) in [6, 6.07) is -0.266. The molecule has 0 fully saturated rings. The number of hydrogen-bond acceptors (Lipinski definition) is 7. The van der Waals surface area contributed by atoms with Gasteiger partial charge in [0.2, 0.25) is 5.79 Å². The van der Waals surface area contributed by atoms with E-state index in [1.165, 1.54) is 16.8 Å². The largest absolute Gasteiger partial charge is 0.598 e. The van der Waals surface area contributed by atoms with Crippen LogP contribution in [0.3, 0.4) is 0 Å². The van der Waals surface area contributed by atoms with Crippen LogP contribution < -0.4 is 4.72 Å². The molecule has 6 nitrogen and oxygen atoms in total. The van der Waals surface area contributed by atoms with E-state index < -0.39 is 27.9 Å². The van der Waals surface area contributed by atoms with Crippen molar-refractivity contribution in [2.45, 2.75) is 71.0 Å². The summed E-state index contributed by atoms with van der Waals surface area (Å²) in [6.45, 7) is 11.3. The van der Waals surface area contributed by atoms with Gasteiger partial charge in [-0.1, -0.05) is 20.8 Å². The van der Waals surface area contributed by atoms with Gasteiger partial charge < -0.3 is 14.4 Å². The predicted molar refractivity (Wildman–Crippen MR) is 97.0 cm³/mol. The van der Waals surface area contributed by atoms with E-state index in [9.17, 15) is 14.5 Å². The normalized spacial score (nSPS) is 17.4. The topological polar surface area (TPSA) is 94.5 Å². The van der Waals surface area contributed by atoms with Crippen LogP contribution in [-0.4, -0.2) is 37.2 Å². The van der Waals surface area contributed by atoms with Gasteiger partial charge >= 0.3 is 5.97 Å². The third-order valence-corrected chi connectivity index (χ3v) is 5.85. The molecule has 0 bridgehead atoms. The maximum Gasteiger partial charge on any atom is 0.360 e. The number of hydrogen-bond donors (Lipinski definition) is 2. The Labute approximate surface area is 151 Å². The second-order valence-electron chi connectivity index (χ2n) is 7.12. The summed E-state index contributed by atoms with van der Waals surface area (Å²) in [6.07, 6.45) is 0.384. The Kier molecular flexibility index (Phi) is 7.68. The van der Waals surface area contributed by atoms with Crippen LogP contribution in [-0.2, 0) is 16.1 Å². The number of thiazole rings is 1. The molecule has 0 saturated carbocycles. The van der Waals surface area contributed by atoms with Crippen LogP contribution in [0, 0.1) is 5.92 Å². The maximum absolute atomic E-state index is 12.4. The molecule has 0 radical (unpaired) electrons. The van der Waals surface area contributed by atoms with Gasteiger partial charge in [-0.3, -0.25) is 0 Å². The Morgan fingerprint density at radius 1 is 1.50 bits per heavy atom. The number of nitrogens with zero attached hydrogens (tertiary/aromatic N) is 1. The van der Waals surface area contributed by atoms with Crippen LogP contribution in [0.2, 0.25) is 0 Å². The van der Waals surface area contributed by atoms with E-state index >= 15 is 0 Å². The van der Waals surface area contributed by atoms with Crippen molar-refractivity contribution in [1.29, 1.82) is 0 Å². The summed E-state index contributed by atoms with van der Waals surface area (Å²) < 4.78 is 20.3. The Morgan fingerprint density at radius 3 is 2.54 bits per heavy atom. The van der Waals surface area contributed by atoms with Crippen LogP contribution in [0.15, 0.2) is 10.9 Å². The quantitative estimate of drug-likeness (QED) is 0.411. The average molecular weight is 377 g/mol. The lowest BCUT2D eigenvalue weighted by Gasteiger charge is -2.34. The fraction of sp³-hybridized carbons (Fsp3) is 0.750. The number of esters is 1. The van der Waals surface area contributed by atoms with Crippen LogP contribution in [0.25, 0.3) is 0 Å². The summed E-state index contributed by atoms with van der Waals surface area (Å²) in [5.74, 6) is -2.18. The van der Waals surface area contributed by atoms with Crippen molar-refractivity contribution in [3.63, 3.8) is 0 Å². The molecular formula is C16H28N2O4S2. The zero-order valence-electron chi connectivity index (χ0n) is 15.2. The Bertz CT molecular complexity index is 517. The monoisotopic (exact) mass is 376 g/mol. The van der Waals surface area contributed by atoms with Crippen LogP contribution in [0.4, 0.5) is 0 Å². The van der Waals surface area contributed by atoms with Crippen LogP contribution >= 0.6 is 11.3 Å². The van der Waals surface area contributed by atoms with Gasteiger partial charge in [0, 0.05) is 29.6 Å². The summed E-state index contributed by atoms with van der Waals surface area (Å²) >= 11 is 0.00616. The zero-order valence-corrected chi connectivity index (χ0v) is 16.8. The number of rotatable bonds is 8. The number of nitrogens with one attached hydrogen (secondary N) is 1. The van der Waals surface area contributed by atoms with Gasteiger partial charge in [0.25, 0.3) is 0 Å². The van der Waals surface area contributed by atoms with E-state index in [0.29, 0.717) is 0 Å². The molecule has 2 N–H and O–H groups in total. The molecule has 1 aromatic heterocycles. The lowest BCUT2D eigenvalue weighted by molar-refractivity contribution is -0.176. The van der Waals surface area contributed by atoms with Gasteiger partial charge in [0.05, 0.1) is 11.6 Å². The molecule has 3 atom stereocenters. The van der Waals surface area contributed by atoms with E-state index in [4.69, 9.17) is 4.74 Å². The van der Waals surface area contributed by atoms with Crippen molar-refractivity contribution < 1.29 is 19.2 Å². The van der Waals surface area contributed by atoms with Gasteiger partial charge in [-0.15, -0.1) is 16.1 Å². The molecular weight excluding hydrogens is 348 g/mol. The highest BCUT2D eigenvalue weighted by molar-refractivity contribution is 7.90. The number of aliphatic hydroxyl groups is 1. The second-order valence-corrected chi connectivity index (χ2v) is 9.83. The fourth-order valence-electron chi connectivity index (χ4n) is 1.87. The SMILES string of the molecule is CC[C@](O)(C[C@@H](N[S@@+]([O-])C(C)(C)C)C(C)C)OC(=O)c1cscn1. The molecule has 0 aromatic carbocycles. The lowest BCUT2D eigenvalue weighted by atomic mass is 9.95. The van der Waals surface area contributed by atoms with Gasteiger partial charge in [-0.05, 0) is 26.7 Å². The van der Waals surface area contributed by atoms with Crippen molar-refractivity contribution in [3.05, 3.63) is 16.6 Å². The highest BCUT2D eigenvalue weighted by Gasteiger charge is 2.38. The molecule has 0 saturated heterocycles. The van der Waals surface area contributed by atoms with Crippen molar-refractivity contribution in [1.82, 2.24) is 9.71 Å². The Balaban J connectivity index is 2.82. The van der Waals surface area contributed by atoms with E-state index in [2.05, 4.69) is 9.71 Å². The molecule has 0 aliphatic rings. The minimum absolute atomic E-state index is 0.104. The zero-order chi connectivity index (χ0) is 18.5. The van der Waals surface area contributed by atoms with Crippen molar-refractivity contribution in [2.75, 3.05) is 0 Å². The first-order valence-corrected chi connectivity index (χ1v) is 10.1. The van der Waals surface area contributed by atoms with E-state index in [-0.39, 0.29) is 30.5 Å². The number of aromatic nitrogens is 1. The second kappa shape index (κ2) is 8.62. The van der Waals surface area contributed by atoms with Crippen molar-refractivity contribution in [3.8, 4) is 0 Å². The minimum Gasteiger partial charge on any atom is -0.598 e. The Hall–Kier alpha value is -0.670. The number of carbonyl (C=O) groups is 1. The minimum atomic E-state index is -1.63. The molecule has 1 rings (SSSR count). The molecule has 24 heavy (non-hydrogen) atoms. The van der Waals surface area contributed by atoms with Gasteiger partial charge in [-0.25, -0.2) is 9.78 Å². The highest BCUT2D eigenvalue weighted by Crippen LogP contribution is 2.26. The smallest absolute Gasteiger partial charge is 0.360 e. The van der Waals surface area contributed by atoms with Gasteiger partial charge in [-0.2, -0.15) is 0 Å². The predicted octanol–water partition coefficient (Wildman–Crippen LogP) is 2.87. The lowest BCUT2D eigenvalue weighted by Crippen LogP contribution is -2.50. The third-order valence-electron chi connectivity index (χ3n) is 3.63. The van der Waals surface area contributed by atoms with Gasteiger partial charge in [0.15, 0.2) is 5.69 Å². The first kappa shape index (κ1) is 21.4. The molecule has 0 amide bonds. The Morgan fingerprint density at radius 2 is 2.12 bits per heavy atom. The molecule has 1 aromatic rings. The summed E-state index contributed by atoms with van der Waals surface area (Å²) in [5.41, 5.74) is 1.71. The van der Waals surface area contributed by atoms with Crippen LogP contribution in [0.5, 0.6) is 0 Å². The number of carbonyl (C=O) groups excluding carboxylic acids is 1. The molecule has 0 unspecified atom stereocenters. The van der Waals surface area contributed by atoms with Crippen molar-refractivity contribution in [2.24, 2.45) is 5.92 Å². The maximum atomic E-state index is 12.4. The molecule has 138 valence electrons. The third kappa shape index (κ3) is 6.33. The van der Waals surface area contributed by atoms with Crippen LogP contribution in [0.1, 0.15) is 64.9 Å². The molecule has 0 aliphatic heterocycles. The first-order chi connectivity index (χ1) is 11.0. The molecule has 1 heterocycles. The van der Waals surface area contributed by atoms with E-state index in [1.54, 1.807) is 12.3 Å². The number of ether oxygens (including phenoxy) is 1. The highest BCUT2D eigenvalue weighted by atomic mass is 32.2. The van der Waals surface area contributed by atoms with E-state index in [1.807, 2.05) is 34.6 Å². The van der Waals surface area contributed by atoms with Gasteiger partial charge in [0.1, 0.15) is 4.75 Å². The standard InChI is InChI=1S/C16H28N2O4S2/c1-7-16(20,22-14(19)13-9-23-10-17-13)8-12(11(2)3)18-24(21)15(4,5)6/h9-12,18,20H,7-8H2,1-6H3/t12-,16-,24+/m1/s1. The molecule has 8 heteroatoms. The van der Waals surface area contributed by atoms with E-state index in [0.717, 1.165) is 0 Å². The fourth-order valence-corrected chi connectivity index (χ4v) is 3.37. The summed E-state index contributed by atoms with van der Waals surface area (Å²) in [5, 5.41) is 12.3. The average Bonchev–Trinajstić information content (AvgIpc) is 2.99. The first-order valence-electron chi connectivity index (χ1n) is 8.00. The molecule has 0 spiro atoms. The summed E-state index contributed by atoms with van der Waals surface area (Å²) in [7, 11) is 0. The summed E-state index contributed by atoms with van der Waals surface area (Å²) in [4.78, 5) is 16.0. The molecule has 0 aliphatic carbocycles. The van der Waals surface area contributed by atoms with Crippen molar-refractivity contribution >= 4 is 28.7 Å².